The quantitative estimate of drug-likeness (QED) is 0.744. The summed E-state index contributed by atoms with van der Waals surface area (Å²) in [5.41, 5.74) is -2.68. The Bertz CT molecular complexity index is 862. The standard InChI is InChI=1S/C20H22F4N2O3/c1-18(29)5-11(6-18)8-25-16(27)9-26-10-19(7-15(19)21)14-4-12(20(22,23)24)2-3-13(14)17(26)28/h2-4,11,15,29H,5-10H2,1H3,(H,25,27)/t11?,15-,18?,19+/m0/s1. The molecule has 2 amide bonds. The first-order chi connectivity index (χ1) is 13.4. The van der Waals surface area contributed by atoms with Crippen molar-refractivity contribution in [3.63, 3.8) is 0 Å². The van der Waals surface area contributed by atoms with E-state index in [1.807, 2.05) is 0 Å². The normalized spacial score (nSPS) is 33.3. The molecule has 2 fully saturated rings. The molecule has 2 saturated carbocycles. The number of hydrogen-bond acceptors (Lipinski definition) is 3. The minimum absolute atomic E-state index is 0.0206. The van der Waals surface area contributed by atoms with Crippen molar-refractivity contribution in [2.24, 2.45) is 5.92 Å². The molecule has 2 N–H and O–H groups in total. The number of nitrogens with zero attached hydrogens (tertiary/aromatic N) is 1. The predicted octanol–water partition coefficient (Wildman–Crippen LogP) is 2.42. The third-order valence-electron chi connectivity index (χ3n) is 6.24. The summed E-state index contributed by atoms with van der Waals surface area (Å²) in [7, 11) is 0. The fraction of sp³-hybridized carbons (Fsp3) is 0.600. The van der Waals surface area contributed by atoms with Crippen LogP contribution in [0.3, 0.4) is 0 Å². The lowest BCUT2D eigenvalue weighted by Crippen LogP contribution is -2.50. The van der Waals surface area contributed by atoms with Crippen molar-refractivity contribution in [2.75, 3.05) is 19.6 Å². The zero-order valence-corrected chi connectivity index (χ0v) is 15.9. The molecule has 3 aliphatic rings. The van der Waals surface area contributed by atoms with Crippen LogP contribution in [0, 0.1) is 5.92 Å². The van der Waals surface area contributed by atoms with Crippen LogP contribution in [-0.2, 0) is 16.4 Å². The molecule has 0 radical (unpaired) electrons. The van der Waals surface area contributed by atoms with E-state index in [4.69, 9.17) is 0 Å². The number of fused-ring (bicyclic) bond motifs is 2. The number of alkyl halides is 4. The van der Waals surface area contributed by atoms with Gasteiger partial charge in [-0.05, 0) is 55.9 Å². The van der Waals surface area contributed by atoms with Crippen LogP contribution in [0.25, 0.3) is 0 Å². The maximum Gasteiger partial charge on any atom is 0.416 e. The SMILES string of the molecule is CC1(O)CC(CNC(=O)CN2C[C@]3(C[C@@H]3F)c3cc(C(F)(F)F)ccc3C2=O)C1. The molecule has 5 nitrogen and oxygen atoms in total. The first-order valence-electron chi connectivity index (χ1n) is 9.55. The molecule has 2 aliphatic carbocycles. The summed E-state index contributed by atoms with van der Waals surface area (Å²) >= 11 is 0. The maximum absolute atomic E-state index is 14.2. The molecule has 1 spiro atoms. The Kier molecular flexibility index (Phi) is 4.45. The van der Waals surface area contributed by atoms with Gasteiger partial charge in [0, 0.05) is 24.1 Å². The highest BCUT2D eigenvalue weighted by Gasteiger charge is 2.61. The van der Waals surface area contributed by atoms with Gasteiger partial charge in [0.15, 0.2) is 0 Å². The first-order valence-corrected chi connectivity index (χ1v) is 9.55. The molecule has 29 heavy (non-hydrogen) atoms. The smallest absolute Gasteiger partial charge is 0.390 e. The summed E-state index contributed by atoms with van der Waals surface area (Å²) in [5, 5.41) is 12.4. The highest BCUT2D eigenvalue weighted by molar-refractivity contribution is 6.00. The Balaban J connectivity index is 1.47. The van der Waals surface area contributed by atoms with Crippen LogP contribution in [0.2, 0.25) is 0 Å². The molecule has 0 unspecified atom stereocenters. The van der Waals surface area contributed by atoms with Crippen molar-refractivity contribution in [1.29, 1.82) is 0 Å². The molecular weight excluding hydrogens is 392 g/mol. The number of hydrogen-bond donors (Lipinski definition) is 2. The highest BCUT2D eigenvalue weighted by atomic mass is 19.4. The van der Waals surface area contributed by atoms with E-state index in [0.29, 0.717) is 19.4 Å². The Labute approximate surface area is 165 Å². The Hall–Kier alpha value is -2.16. The fourth-order valence-corrected chi connectivity index (χ4v) is 4.63. The number of carbonyl (C=O) groups excluding carboxylic acids is 2. The Morgan fingerprint density at radius 3 is 2.52 bits per heavy atom. The minimum Gasteiger partial charge on any atom is -0.390 e. The van der Waals surface area contributed by atoms with Crippen molar-refractivity contribution in [3.05, 3.63) is 34.9 Å². The number of amides is 2. The van der Waals surface area contributed by atoms with Crippen LogP contribution in [0.4, 0.5) is 17.6 Å². The Morgan fingerprint density at radius 1 is 1.31 bits per heavy atom. The van der Waals surface area contributed by atoms with Gasteiger partial charge in [-0.2, -0.15) is 13.2 Å². The lowest BCUT2D eigenvalue weighted by atomic mass is 9.72. The van der Waals surface area contributed by atoms with Crippen LogP contribution in [0.15, 0.2) is 18.2 Å². The van der Waals surface area contributed by atoms with Gasteiger partial charge >= 0.3 is 6.18 Å². The third kappa shape index (κ3) is 3.60. The van der Waals surface area contributed by atoms with E-state index < -0.39 is 40.7 Å². The van der Waals surface area contributed by atoms with Crippen molar-refractivity contribution in [1.82, 2.24) is 10.2 Å². The number of carbonyl (C=O) groups is 2. The summed E-state index contributed by atoms with van der Waals surface area (Å²) in [5.74, 6) is -0.816. The molecule has 0 saturated heterocycles. The van der Waals surface area contributed by atoms with E-state index in [-0.39, 0.29) is 36.6 Å². The molecule has 1 aromatic rings. The minimum atomic E-state index is -4.58. The molecule has 4 rings (SSSR count). The van der Waals surface area contributed by atoms with Crippen LogP contribution in [0.1, 0.15) is 47.7 Å². The highest BCUT2D eigenvalue weighted by Crippen LogP contribution is 2.55. The molecule has 1 aromatic carbocycles. The van der Waals surface area contributed by atoms with Gasteiger partial charge in [0.25, 0.3) is 5.91 Å². The van der Waals surface area contributed by atoms with Crippen molar-refractivity contribution in [3.8, 4) is 0 Å². The number of rotatable bonds is 4. The van der Waals surface area contributed by atoms with Gasteiger partial charge in [-0.15, -0.1) is 0 Å². The van der Waals surface area contributed by atoms with Gasteiger partial charge in [-0.1, -0.05) is 0 Å². The number of aliphatic hydroxyl groups is 1. The first kappa shape index (κ1) is 20.1. The zero-order chi connectivity index (χ0) is 21.2. The molecular formula is C20H22F4N2O3. The second kappa shape index (κ2) is 6.42. The lowest BCUT2D eigenvalue weighted by Gasteiger charge is -2.41. The second-order valence-electron chi connectivity index (χ2n) is 8.82. The maximum atomic E-state index is 14.2. The van der Waals surface area contributed by atoms with E-state index >= 15 is 0 Å². The third-order valence-corrected chi connectivity index (χ3v) is 6.24. The average molecular weight is 414 g/mol. The van der Waals surface area contributed by atoms with Gasteiger partial charge < -0.3 is 15.3 Å². The van der Waals surface area contributed by atoms with E-state index in [2.05, 4.69) is 5.32 Å². The molecule has 0 aromatic heterocycles. The predicted molar refractivity (Wildman–Crippen MR) is 94.9 cm³/mol. The van der Waals surface area contributed by atoms with Crippen LogP contribution < -0.4 is 5.32 Å². The number of nitrogens with one attached hydrogen (secondary N) is 1. The second-order valence-corrected chi connectivity index (χ2v) is 8.82. The van der Waals surface area contributed by atoms with Crippen molar-refractivity contribution in [2.45, 2.75) is 49.6 Å². The summed E-state index contributed by atoms with van der Waals surface area (Å²) in [4.78, 5) is 26.2. The summed E-state index contributed by atoms with van der Waals surface area (Å²) < 4.78 is 53.4. The molecule has 1 heterocycles. The van der Waals surface area contributed by atoms with Crippen LogP contribution >= 0.6 is 0 Å². The number of halogens is 4. The zero-order valence-electron chi connectivity index (χ0n) is 15.9. The molecule has 9 heteroatoms. The largest absolute Gasteiger partial charge is 0.416 e. The van der Waals surface area contributed by atoms with Gasteiger partial charge in [0.1, 0.15) is 6.17 Å². The van der Waals surface area contributed by atoms with E-state index in [1.54, 1.807) is 6.92 Å². The van der Waals surface area contributed by atoms with Gasteiger partial charge in [-0.3, -0.25) is 9.59 Å². The fourth-order valence-electron chi connectivity index (χ4n) is 4.63. The molecule has 1 aliphatic heterocycles. The van der Waals surface area contributed by atoms with Gasteiger partial charge in [0.05, 0.1) is 17.7 Å². The van der Waals surface area contributed by atoms with Crippen molar-refractivity contribution < 1.29 is 32.3 Å². The van der Waals surface area contributed by atoms with Gasteiger partial charge in [0.2, 0.25) is 5.91 Å². The lowest BCUT2D eigenvalue weighted by molar-refractivity contribution is -0.137. The molecule has 0 bridgehead atoms. The topological polar surface area (TPSA) is 69.6 Å². The molecule has 158 valence electrons. The average Bonchev–Trinajstić information content (AvgIpc) is 3.24. The van der Waals surface area contributed by atoms with Crippen LogP contribution in [-0.4, -0.2) is 53.2 Å². The summed E-state index contributed by atoms with van der Waals surface area (Å²) in [6, 6.07) is 2.76. The van der Waals surface area contributed by atoms with Crippen molar-refractivity contribution >= 4 is 11.8 Å². The monoisotopic (exact) mass is 414 g/mol. The van der Waals surface area contributed by atoms with E-state index in [9.17, 15) is 32.3 Å². The van der Waals surface area contributed by atoms with Crippen LogP contribution in [0.5, 0.6) is 0 Å². The Morgan fingerprint density at radius 2 is 1.97 bits per heavy atom. The van der Waals surface area contributed by atoms with E-state index in [1.165, 1.54) is 4.90 Å². The van der Waals surface area contributed by atoms with E-state index in [0.717, 1.165) is 18.2 Å². The van der Waals surface area contributed by atoms with Gasteiger partial charge in [-0.25, -0.2) is 4.39 Å². The summed E-state index contributed by atoms with van der Waals surface area (Å²) in [6.45, 7) is 1.70. The summed E-state index contributed by atoms with van der Waals surface area (Å²) in [6.07, 6.45) is -4.73. The molecule has 2 atom stereocenters. The number of benzene rings is 1.